The summed E-state index contributed by atoms with van der Waals surface area (Å²) in [6.07, 6.45) is 3.69. The van der Waals surface area contributed by atoms with E-state index >= 15 is 0 Å². The van der Waals surface area contributed by atoms with Gasteiger partial charge in [-0.3, -0.25) is 4.98 Å². The molecule has 100 valence electrons. The van der Waals surface area contributed by atoms with E-state index in [9.17, 15) is 0 Å². The monoisotopic (exact) mass is 276 g/mol. The quantitative estimate of drug-likeness (QED) is 0.333. The third kappa shape index (κ3) is 3.55. The SMILES string of the molecule is CSc1nc(NN)cc(NC(C)c2ccccn2)n1. The van der Waals surface area contributed by atoms with Crippen LogP contribution in [0.5, 0.6) is 0 Å². The van der Waals surface area contributed by atoms with Crippen LogP contribution in [0, 0.1) is 0 Å². The number of nitrogens with two attached hydrogens (primary N) is 1. The average Bonchev–Trinajstić information content (AvgIpc) is 2.47. The molecule has 0 aromatic carbocycles. The molecule has 0 bridgehead atoms. The molecule has 2 aromatic rings. The molecule has 7 heteroatoms. The summed E-state index contributed by atoms with van der Waals surface area (Å²) in [6, 6.07) is 7.64. The van der Waals surface area contributed by atoms with Gasteiger partial charge in [-0.2, -0.15) is 0 Å². The van der Waals surface area contributed by atoms with Gasteiger partial charge in [-0.15, -0.1) is 0 Å². The maximum absolute atomic E-state index is 5.39. The second-order valence-corrected chi connectivity index (χ2v) is 4.66. The highest BCUT2D eigenvalue weighted by atomic mass is 32.2. The van der Waals surface area contributed by atoms with Gasteiger partial charge in [-0.25, -0.2) is 15.8 Å². The second kappa shape index (κ2) is 6.35. The molecule has 0 amide bonds. The van der Waals surface area contributed by atoms with Crippen LogP contribution in [0.25, 0.3) is 0 Å². The van der Waals surface area contributed by atoms with Crippen molar-refractivity contribution in [3.05, 3.63) is 36.2 Å². The molecule has 2 heterocycles. The van der Waals surface area contributed by atoms with Gasteiger partial charge < -0.3 is 10.7 Å². The Morgan fingerprint density at radius 3 is 2.68 bits per heavy atom. The van der Waals surface area contributed by atoms with Crippen LogP contribution < -0.4 is 16.6 Å². The number of hydrogen-bond donors (Lipinski definition) is 3. The van der Waals surface area contributed by atoms with Gasteiger partial charge in [0.15, 0.2) is 5.16 Å². The van der Waals surface area contributed by atoms with Gasteiger partial charge in [-0.1, -0.05) is 17.8 Å². The Bertz CT molecular complexity index is 511. The predicted molar refractivity (Wildman–Crippen MR) is 77.9 cm³/mol. The molecule has 6 nitrogen and oxygen atoms in total. The normalized spacial score (nSPS) is 11.9. The molecule has 0 radical (unpaired) electrons. The van der Waals surface area contributed by atoms with Crippen LogP contribution in [0.2, 0.25) is 0 Å². The van der Waals surface area contributed by atoms with Crippen LogP contribution in [-0.4, -0.2) is 21.2 Å². The van der Waals surface area contributed by atoms with Crippen molar-refractivity contribution in [3.63, 3.8) is 0 Å². The van der Waals surface area contributed by atoms with Gasteiger partial charge in [0, 0.05) is 12.3 Å². The maximum atomic E-state index is 5.39. The summed E-state index contributed by atoms with van der Waals surface area (Å²) < 4.78 is 0. The molecule has 4 N–H and O–H groups in total. The molecule has 2 aromatic heterocycles. The van der Waals surface area contributed by atoms with Gasteiger partial charge in [0.2, 0.25) is 0 Å². The molecule has 0 fully saturated rings. The summed E-state index contributed by atoms with van der Waals surface area (Å²) in [5.41, 5.74) is 3.49. The van der Waals surface area contributed by atoms with Crippen molar-refractivity contribution < 1.29 is 0 Å². The van der Waals surface area contributed by atoms with Crippen LogP contribution in [0.1, 0.15) is 18.7 Å². The van der Waals surface area contributed by atoms with E-state index in [0.717, 1.165) is 5.69 Å². The highest BCUT2D eigenvalue weighted by molar-refractivity contribution is 7.98. The number of nitrogens with zero attached hydrogens (tertiary/aromatic N) is 3. The summed E-state index contributed by atoms with van der Waals surface area (Å²) in [6.45, 7) is 2.03. The van der Waals surface area contributed by atoms with Crippen molar-refractivity contribution in [1.82, 2.24) is 15.0 Å². The van der Waals surface area contributed by atoms with E-state index in [4.69, 9.17) is 5.84 Å². The number of hydrogen-bond acceptors (Lipinski definition) is 7. The smallest absolute Gasteiger partial charge is 0.191 e. The summed E-state index contributed by atoms with van der Waals surface area (Å²) in [7, 11) is 0. The Morgan fingerprint density at radius 2 is 2.05 bits per heavy atom. The Labute approximate surface area is 116 Å². The first-order chi connectivity index (χ1) is 9.22. The zero-order valence-electron chi connectivity index (χ0n) is 10.8. The zero-order valence-corrected chi connectivity index (χ0v) is 11.6. The lowest BCUT2D eigenvalue weighted by Crippen LogP contribution is -2.13. The lowest BCUT2D eigenvalue weighted by Gasteiger charge is -2.15. The van der Waals surface area contributed by atoms with Crippen LogP contribution in [-0.2, 0) is 0 Å². The van der Waals surface area contributed by atoms with E-state index in [1.165, 1.54) is 11.8 Å². The molecule has 19 heavy (non-hydrogen) atoms. The van der Waals surface area contributed by atoms with Crippen LogP contribution in [0.3, 0.4) is 0 Å². The maximum Gasteiger partial charge on any atom is 0.191 e. The number of pyridine rings is 1. The highest BCUT2D eigenvalue weighted by Gasteiger charge is 2.09. The number of thioether (sulfide) groups is 1. The number of hydrazine groups is 1. The van der Waals surface area contributed by atoms with Crippen LogP contribution >= 0.6 is 11.8 Å². The number of nitrogen functional groups attached to an aromatic ring is 1. The third-order valence-electron chi connectivity index (χ3n) is 2.53. The lowest BCUT2D eigenvalue weighted by atomic mass is 10.2. The number of nitrogens with one attached hydrogen (secondary N) is 2. The molecule has 1 unspecified atom stereocenters. The van der Waals surface area contributed by atoms with E-state index in [1.54, 1.807) is 12.3 Å². The highest BCUT2D eigenvalue weighted by Crippen LogP contribution is 2.20. The van der Waals surface area contributed by atoms with Gasteiger partial charge in [0.25, 0.3) is 0 Å². The van der Waals surface area contributed by atoms with E-state index in [-0.39, 0.29) is 6.04 Å². The van der Waals surface area contributed by atoms with Crippen molar-refractivity contribution >= 4 is 23.4 Å². The van der Waals surface area contributed by atoms with Crippen molar-refractivity contribution in [3.8, 4) is 0 Å². The Morgan fingerprint density at radius 1 is 1.26 bits per heavy atom. The summed E-state index contributed by atoms with van der Waals surface area (Å²) in [5, 5.41) is 3.94. The molecular weight excluding hydrogens is 260 g/mol. The Kier molecular flexibility index (Phi) is 4.53. The van der Waals surface area contributed by atoms with Crippen LogP contribution in [0.15, 0.2) is 35.6 Å². The zero-order chi connectivity index (χ0) is 13.7. The lowest BCUT2D eigenvalue weighted by molar-refractivity contribution is 0.821. The standard InChI is InChI=1S/C12H16N6S/c1-8(9-5-3-4-6-14-9)15-10-7-11(18-13)17-12(16-10)19-2/h3-8H,13H2,1-2H3,(H2,15,16,17,18). The minimum Gasteiger partial charge on any atom is -0.362 e. The fraction of sp³-hybridized carbons (Fsp3) is 0.250. The molecule has 0 aliphatic heterocycles. The first-order valence-electron chi connectivity index (χ1n) is 5.80. The fourth-order valence-electron chi connectivity index (χ4n) is 1.59. The van der Waals surface area contributed by atoms with Crippen molar-refractivity contribution in [2.45, 2.75) is 18.1 Å². The fourth-order valence-corrected chi connectivity index (χ4v) is 1.97. The molecule has 2 rings (SSSR count). The minimum absolute atomic E-state index is 0.0523. The summed E-state index contributed by atoms with van der Waals surface area (Å²) >= 11 is 1.46. The molecule has 0 saturated carbocycles. The molecular formula is C12H16N6S. The van der Waals surface area contributed by atoms with Gasteiger partial charge in [0.05, 0.1) is 11.7 Å². The van der Waals surface area contributed by atoms with E-state index in [2.05, 4.69) is 25.7 Å². The van der Waals surface area contributed by atoms with Gasteiger partial charge >= 0.3 is 0 Å². The molecule has 1 atom stereocenters. The summed E-state index contributed by atoms with van der Waals surface area (Å²) in [4.78, 5) is 12.9. The van der Waals surface area contributed by atoms with Crippen molar-refractivity contribution in [2.75, 3.05) is 17.0 Å². The molecule has 0 aliphatic carbocycles. The van der Waals surface area contributed by atoms with Crippen molar-refractivity contribution in [1.29, 1.82) is 0 Å². The summed E-state index contributed by atoms with van der Waals surface area (Å²) in [5.74, 6) is 6.69. The number of aromatic nitrogens is 3. The first-order valence-corrected chi connectivity index (χ1v) is 7.02. The Balaban J connectivity index is 2.18. The Hall–Kier alpha value is -1.86. The van der Waals surface area contributed by atoms with Crippen LogP contribution in [0.4, 0.5) is 11.6 Å². The topological polar surface area (TPSA) is 88.8 Å². The molecule has 0 saturated heterocycles. The number of rotatable bonds is 5. The third-order valence-corrected chi connectivity index (χ3v) is 3.08. The minimum atomic E-state index is 0.0523. The van der Waals surface area contributed by atoms with E-state index in [1.807, 2.05) is 31.4 Å². The molecule has 0 aliphatic rings. The largest absolute Gasteiger partial charge is 0.362 e. The number of anilines is 2. The van der Waals surface area contributed by atoms with Gasteiger partial charge in [0.1, 0.15) is 11.6 Å². The van der Waals surface area contributed by atoms with E-state index < -0.39 is 0 Å². The van der Waals surface area contributed by atoms with Gasteiger partial charge in [-0.05, 0) is 25.3 Å². The average molecular weight is 276 g/mol. The molecule has 0 spiro atoms. The second-order valence-electron chi connectivity index (χ2n) is 3.89. The first kappa shape index (κ1) is 13.6. The van der Waals surface area contributed by atoms with E-state index in [0.29, 0.717) is 16.8 Å². The van der Waals surface area contributed by atoms with Crippen molar-refractivity contribution in [2.24, 2.45) is 5.84 Å². The predicted octanol–water partition coefficient (Wildman–Crippen LogP) is 2.05.